The molecule has 1 aliphatic rings. The third-order valence-corrected chi connectivity index (χ3v) is 5.14. The summed E-state index contributed by atoms with van der Waals surface area (Å²) in [5.74, 6) is 0.873. The molecule has 0 aliphatic heterocycles. The van der Waals surface area contributed by atoms with E-state index in [1.807, 2.05) is 29.0 Å². The summed E-state index contributed by atoms with van der Waals surface area (Å²) in [5.41, 5.74) is 0.759. The van der Waals surface area contributed by atoms with Crippen molar-refractivity contribution < 1.29 is 4.79 Å². The van der Waals surface area contributed by atoms with Crippen LogP contribution < -0.4 is 5.32 Å². The quantitative estimate of drug-likeness (QED) is 0.862. The maximum absolute atomic E-state index is 12.3. The van der Waals surface area contributed by atoms with Gasteiger partial charge in [0.25, 0.3) is 5.91 Å². The van der Waals surface area contributed by atoms with E-state index in [4.69, 9.17) is 0 Å². The molecule has 1 saturated carbocycles. The number of aromatic nitrogens is 1. The van der Waals surface area contributed by atoms with Crippen molar-refractivity contribution in [1.29, 1.82) is 0 Å². The van der Waals surface area contributed by atoms with Gasteiger partial charge in [-0.1, -0.05) is 31.7 Å². The summed E-state index contributed by atoms with van der Waals surface area (Å²) in [6, 6.07) is 8.00. The van der Waals surface area contributed by atoms with Gasteiger partial charge in [0.05, 0.1) is 6.54 Å². The van der Waals surface area contributed by atoms with Gasteiger partial charge in [0, 0.05) is 17.6 Å². The molecule has 0 radical (unpaired) electrons. The van der Waals surface area contributed by atoms with Crippen molar-refractivity contribution >= 4 is 17.2 Å². The van der Waals surface area contributed by atoms with E-state index in [9.17, 15) is 4.79 Å². The van der Waals surface area contributed by atoms with Gasteiger partial charge in [-0.25, -0.2) is 0 Å². The summed E-state index contributed by atoms with van der Waals surface area (Å²) in [6.45, 7) is 1.57. The predicted molar refractivity (Wildman–Crippen MR) is 86.8 cm³/mol. The number of nitrogens with one attached hydrogen (secondary N) is 1. The molecular formula is C17H22N2OS. The fourth-order valence-corrected chi connectivity index (χ4v) is 3.81. The monoisotopic (exact) mass is 302 g/mol. The van der Waals surface area contributed by atoms with E-state index in [-0.39, 0.29) is 5.91 Å². The smallest absolute Gasteiger partial charge is 0.267 e. The fourth-order valence-electron chi connectivity index (χ4n) is 3.11. The predicted octanol–water partition coefficient (Wildman–Crippen LogP) is 3.91. The van der Waals surface area contributed by atoms with Gasteiger partial charge in [-0.05, 0) is 35.9 Å². The molecule has 3 rings (SSSR count). The Labute approximate surface area is 130 Å². The van der Waals surface area contributed by atoms with E-state index >= 15 is 0 Å². The van der Waals surface area contributed by atoms with Crippen LogP contribution in [0.5, 0.6) is 0 Å². The Bertz CT molecular complexity index is 567. The molecule has 2 aromatic heterocycles. The molecular weight excluding hydrogens is 280 g/mol. The lowest BCUT2D eigenvalue weighted by atomic mass is 10.0. The summed E-state index contributed by atoms with van der Waals surface area (Å²) < 4.78 is 2.02. The van der Waals surface area contributed by atoms with Gasteiger partial charge < -0.3 is 9.88 Å². The number of hydrogen-bond acceptors (Lipinski definition) is 2. The highest BCUT2D eigenvalue weighted by Crippen LogP contribution is 2.26. The fraction of sp³-hybridized carbons (Fsp3) is 0.471. The molecule has 0 bridgehead atoms. The number of nitrogens with zero attached hydrogens (tertiary/aromatic N) is 1. The Balaban J connectivity index is 1.53. The first kappa shape index (κ1) is 14.4. The van der Waals surface area contributed by atoms with Crippen molar-refractivity contribution in [1.82, 2.24) is 9.88 Å². The molecule has 1 amide bonds. The van der Waals surface area contributed by atoms with Crippen LogP contribution >= 0.6 is 11.3 Å². The number of amides is 1. The molecule has 21 heavy (non-hydrogen) atoms. The maximum Gasteiger partial charge on any atom is 0.267 e. The molecule has 112 valence electrons. The van der Waals surface area contributed by atoms with Crippen molar-refractivity contribution in [2.45, 2.75) is 38.6 Å². The van der Waals surface area contributed by atoms with Crippen molar-refractivity contribution in [3.05, 3.63) is 46.4 Å². The van der Waals surface area contributed by atoms with Gasteiger partial charge in [-0.2, -0.15) is 0 Å². The van der Waals surface area contributed by atoms with E-state index in [1.165, 1.54) is 30.6 Å². The van der Waals surface area contributed by atoms with E-state index in [2.05, 4.69) is 16.8 Å². The maximum atomic E-state index is 12.3. The molecule has 0 saturated heterocycles. The van der Waals surface area contributed by atoms with Crippen LogP contribution in [0.3, 0.4) is 0 Å². The van der Waals surface area contributed by atoms with E-state index < -0.39 is 0 Å². The van der Waals surface area contributed by atoms with Gasteiger partial charge >= 0.3 is 0 Å². The molecule has 2 heterocycles. The summed E-state index contributed by atoms with van der Waals surface area (Å²) in [4.78, 5) is 13.6. The average Bonchev–Trinajstić information content (AvgIpc) is 3.20. The SMILES string of the molecule is O=C(NCCC1CCCC1)c1cccn1Cc1cccs1. The lowest BCUT2D eigenvalue weighted by molar-refractivity contribution is 0.0942. The van der Waals surface area contributed by atoms with E-state index in [0.717, 1.165) is 31.1 Å². The standard InChI is InChI=1S/C17H22N2OS/c20-17(18-10-9-14-5-1-2-6-14)16-8-3-11-19(16)13-15-7-4-12-21-15/h3-4,7-8,11-12,14H,1-2,5-6,9-10,13H2,(H,18,20). The first-order valence-electron chi connectivity index (χ1n) is 7.78. The third kappa shape index (κ3) is 3.76. The topological polar surface area (TPSA) is 34.0 Å². The summed E-state index contributed by atoms with van der Waals surface area (Å²) in [7, 11) is 0. The molecule has 1 aliphatic carbocycles. The number of carbonyl (C=O) groups is 1. The Morgan fingerprint density at radius 2 is 2.14 bits per heavy atom. The Morgan fingerprint density at radius 1 is 1.29 bits per heavy atom. The normalized spacial score (nSPS) is 15.4. The van der Waals surface area contributed by atoms with Crippen LogP contribution in [0.4, 0.5) is 0 Å². The molecule has 2 aromatic rings. The van der Waals surface area contributed by atoms with Gasteiger partial charge in [0.1, 0.15) is 5.69 Å². The third-order valence-electron chi connectivity index (χ3n) is 4.28. The Kier molecular flexibility index (Phi) is 4.76. The summed E-state index contributed by atoms with van der Waals surface area (Å²) in [6.07, 6.45) is 8.50. The number of thiophene rings is 1. The number of hydrogen-bond donors (Lipinski definition) is 1. The van der Waals surface area contributed by atoms with Crippen LogP contribution in [0.1, 0.15) is 47.5 Å². The average molecular weight is 302 g/mol. The largest absolute Gasteiger partial charge is 0.351 e. The first-order chi connectivity index (χ1) is 10.3. The zero-order chi connectivity index (χ0) is 14.5. The van der Waals surface area contributed by atoms with Crippen LogP contribution in [0.15, 0.2) is 35.8 Å². The number of carbonyl (C=O) groups excluding carboxylic acids is 1. The first-order valence-corrected chi connectivity index (χ1v) is 8.66. The van der Waals surface area contributed by atoms with E-state index in [0.29, 0.717) is 0 Å². The van der Waals surface area contributed by atoms with Crippen LogP contribution in [0.2, 0.25) is 0 Å². The minimum atomic E-state index is 0.0505. The van der Waals surface area contributed by atoms with Crippen LogP contribution in [-0.4, -0.2) is 17.0 Å². The minimum absolute atomic E-state index is 0.0505. The molecule has 1 N–H and O–H groups in total. The summed E-state index contributed by atoms with van der Waals surface area (Å²) >= 11 is 1.72. The lowest BCUT2D eigenvalue weighted by Crippen LogP contribution is -2.27. The second kappa shape index (κ2) is 6.94. The molecule has 4 heteroatoms. The Morgan fingerprint density at radius 3 is 2.90 bits per heavy atom. The summed E-state index contributed by atoms with van der Waals surface area (Å²) in [5, 5.41) is 5.15. The van der Waals surface area contributed by atoms with Crippen molar-refractivity contribution in [3.63, 3.8) is 0 Å². The van der Waals surface area contributed by atoms with Crippen LogP contribution in [-0.2, 0) is 6.54 Å². The van der Waals surface area contributed by atoms with Gasteiger partial charge in [0.2, 0.25) is 0 Å². The van der Waals surface area contributed by atoms with Gasteiger partial charge in [-0.3, -0.25) is 4.79 Å². The van der Waals surface area contributed by atoms with Crippen LogP contribution in [0, 0.1) is 5.92 Å². The van der Waals surface area contributed by atoms with Crippen LogP contribution in [0.25, 0.3) is 0 Å². The second-order valence-corrected chi connectivity index (χ2v) is 6.83. The molecule has 0 aromatic carbocycles. The highest BCUT2D eigenvalue weighted by Gasteiger charge is 2.16. The minimum Gasteiger partial charge on any atom is -0.351 e. The van der Waals surface area contributed by atoms with Gasteiger partial charge in [-0.15, -0.1) is 11.3 Å². The molecule has 0 spiro atoms. The van der Waals surface area contributed by atoms with Gasteiger partial charge in [0.15, 0.2) is 0 Å². The molecule has 0 unspecified atom stereocenters. The molecule has 0 atom stereocenters. The molecule has 1 fully saturated rings. The van der Waals surface area contributed by atoms with Crippen molar-refractivity contribution in [2.24, 2.45) is 5.92 Å². The zero-order valence-electron chi connectivity index (χ0n) is 12.3. The molecule has 3 nitrogen and oxygen atoms in total. The Hall–Kier alpha value is -1.55. The lowest BCUT2D eigenvalue weighted by Gasteiger charge is -2.11. The van der Waals surface area contributed by atoms with E-state index in [1.54, 1.807) is 11.3 Å². The number of rotatable bonds is 6. The highest BCUT2D eigenvalue weighted by molar-refractivity contribution is 7.09. The second-order valence-electron chi connectivity index (χ2n) is 5.80. The van der Waals surface area contributed by atoms with Crippen molar-refractivity contribution in [3.8, 4) is 0 Å². The zero-order valence-corrected chi connectivity index (χ0v) is 13.1. The highest BCUT2D eigenvalue weighted by atomic mass is 32.1. The van der Waals surface area contributed by atoms with Crippen molar-refractivity contribution in [2.75, 3.05) is 6.54 Å².